The maximum atomic E-state index is 12.3. The van der Waals surface area contributed by atoms with E-state index in [1.807, 2.05) is 6.92 Å². The van der Waals surface area contributed by atoms with Crippen LogP contribution in [0.15, 0.2) is 33.9 Å². The molecule has 0 amide bonds. The van der Waals surface area contributed by atoms with Crippen LogP contribution in [0.4, 0.5) is 11.5 Å². The van der Waals surface area contributed by atoms with E-state index in [0.717, 1.165) is 6.42 Å². The summed E-state index contributed by atoms with van der Waals surface area (Å²) in [6.45, 7) is 4.36. The molecule has 2 aromatic rings. The second kappa shape index (κ2) is 5.91. The quantitative estimate of drug-likeness (QED) is 0.846. The van der Waals surface area contributed by atoms with E-state index in [0.29, 0.717) is 18.0 Å². The Morgan fingerprint density at radius 2 is 2.20 bits per heavy atom. The van der Waals surface area contributed by atoms with Gasteiger partial charge in [-0.25, -0.2) is 8.42 Å². The number of hydrogen-bond acceptors (Lipinski definition) is 6. The number of aromatic nitrogens is 2. The molecule has 0 atom stereocenters. The molecule has 20 heavy (non-hydrogen) atoms. The molecule has 0 fully saturated rings. The van der Waals surface area contributed by atoms with Crippen LogP contribution in [-0.2, 0) is 10.0 Å². The number of anilines is 2. The number of hydrogen-bond donors (Lipinski definition) is 2. The van der Waals surface area contributed by atoms with E-state index in [2.05, 4.69) is 20.2 Å². The fourth-order valence-electron chi connectivity index (χ4n) is 1.61. The Hall–Kier alpha value is -2.09. The Morgan fingerprint density at radius 3 is 2.85 bits per heavy atom. The van der Waals surface area contributed by atoms with Crippen LogP contribution in [0, 0.1) is 6.92 Å². The molecule has 0 aromatic carbocycles. The molecule has 0 radical (unpaired) electrons. The van der Waals surface area contributed by atoms with Crippen molar-refractivity contribution in [3.05, 3.63) is 30.3 Å². The fraction of sp³-hybridized carbons (Fsp3) is 0.333. The molecule has 0 aliphatic rings. The van der Waals surface area contributed by atoms with E-state index in [4.69, 9.17) is 4.52 Å². The standard InChI is InChI=1S/C12H16N4O3S/c1-3-5-14-10-4-6-13-8-11(10)20(17,18)16-12-7-9(2)19-15-12/h4,6-8H,3,5H2,1-2H3,(H,13,14)(H,15,16). The summed E-state index contributed by atoms with van der Waals surface area (Å²) >= 11 is 0. The first-order valence-electron chi connectivity index (χ1n) is 6.17. The largest absolute Gasteiger partial charge is 0.384 e. The van der Waals surface area contributed by atoms with Crippen molar-refractivity contribution < 1.29 is 12.9 Å². The SMILES string of the molecule is CCCNc1ccncc1S(=O)(=O)Nc1cc(C)on1. The van der Waals surface area contributed by atoms with Gasteiger partial charge in [0.2, 0.25) is 0 Å². The van der Waals surface area contributed by atoms with Gasteiger partial charge in [0.05, 0.1) is 5.69 Å². The normalized spacial score (nSPS) is 11.3. The smallest absolute Gasteiger partial charge is 0.266 e. The predicted molar refractivity (Wildman–Crippen MR) is 75.1 cm³/mol. The van der Waals surface area contributed by atoms with E-state index in [9.17, 15) is 8.42 Å². The van der Waals surface area contributed by atoms with Gasteiger partial charge < -0.3 is 9.84 Å². The summed E-state index contributed by atoms with van der Waals surface area (Å²) in [5, 5.41) is 6.67. The van der Waals surface area contributed by atoms with Crippen LogP contribution in [0.1, 0.15) is 19.1 Å². The maximum Gasteiger partial charge on any atom is 0.266 e. The molecule has 0 aliphatic carbocycles. The number of nitrogens with zero attached hydrogens (tertiary/aromatic N) is 2. The lowest BCUT2D eigenvalue weighted by Gasteiger charge is -2.11. The summed E-state index contributed by atoms with van der Waals surface area (Å²) in [5.74, 6) is 0.672. The molecule has 8 heteroatoms. The lowest BCUT2D eigenvalue weighted by atomic mass is 10.4. The minimum absolute atomic E-state index is 0.0779. The first-order valence-corrected chi connectivity index (χ1v) is 7.65. The Labute approximate surface area is 117 Å². The van der Waals surface area contributed by atoms with Crippen LogP contribution >= 0.6 is 0 Å². The minimum Gasteiger partial charge on any atom is -0.384 e. The van der Waals surface area contributed by atoms with Crippen molar-refractivity contribution in [2.75, 3.05) is 16.6 Å². The fourth-order valence-corrected chi connectivity index (χ4v) is 2.72. The summed E-state index contributed by atoms with van der Waals surface area (Å²) in [6, 6.07) is 3.13. The monoisotopic (exact) mass is 296 g/mol. The van der Waals surface area contributed by atoms with Crippen LogP contribution in [0.2, 0.25) is 0 Å². The highest BCUT2D eigenvalue weighted by Crippen LogP contribution is 2.22. The predicted octanol–water partition coefficient (Wildman–Crippen LogP) is 2.00. The average Bonchev–Trinajstić information content (AvgIpc) is 2.81. The Morgan fingerprint density at radius 1 is 1.40 bits per heavy atom. The Balaban J connectivity index is 2.29. The van der Waals surface area contributed by atoms with Crippen LogP contribution in [-0.4, -0.2) is 25.1 Å². The molecule has 2 rings (SSSR count). The number of sulfonamides is 1. The summed E-state index contributed by atoms with van der Waals surface area (Å²) in [6.07, 6.45) is 3.72. The molecule has 0 aliphatic heterocycles. The van der Waals surface area contributed by atoms with Crippen molar-refractivity contribution in [2.24, 2.45) is 0 Å². The number of nitrogens with one attached hydrogen (secondary N) is 2. The third-order valence-corrected chi connectivity index (χ3v) is 3.89. The lowest BCUT2D eigenvalue weighted by molar-refractivity contribution is 0.400. The zero-order chi connectivity index (χ0) is 14.6. The maximum absolute atomic E-state index is 12.3. The number of rotatable bonds is 6. The van der Waals surface area contributed by atoms with Crippen molar-refractivity contribution in [1.29, 1.82) is 0 Å². The van der Waals surface area contributed by atoms with Crippen LogP contribution in [0.3, 0.4) is 0 Å². The zero-order valence-corrected chi connectivity index (χ0v) is 12.1. The highest BCUT2D eigenvalue weighted by molar-refractivity contribution is 7.92. The van der Waals surface area contributed by atoms with E-state index >= 15 is 0 Å². The van der Waals surface area contributed by atoms with Crippen LogP contribution in [0.5, 0.6) is 0 Å². The first-order chi connectivity index (χ1) is 9.53. The molecule has 108 valence electrons. The molecule has 2 aromatic heterocycles. The zero-order valence-electron chi connectivity index (χ0n) is 11.3. The van der Waals surface area contributed by atoms with Crippen molar-refractivity contribution in [3.63, 3.8) is 0 Å². The average molecular weight is 296 g/mol. The van der Waals surface area contributed by atoms with Crippen molar-refractivity contribution >= 4 is 21.5 Å². The van der Waals surface area contributed by atoms with Gasteiger partial charge in [0.25, 0.3) is 10.0 Å². The van der Waals surface area contributed by atoms with Crippen LogP contribution < -0.4 is 10.0 Å². The molecular weight excluding hydrogens is 280 g/mol. The van der Waals surface area contributed by atoms with Crippen molar-refractivity contribution in [3.8, 4) is 0 Å². The molecule has 0 saturated carbocycles. The lowest BCUT2D eigenvalue weighted by Crippen LogP contribution is -2.16. The van der Waals surface area contributed by atoms with Gasteiger partial charge in [-0.15, -0.1) is 0 Å². The van der Waals surface area contributed by atoms with Gasteiger partial charge in [-0.1, -0.05) is 12.1 Å². The number of pyridine rings is 1. The molecular formula is C12H16N4O3S. The third kappa shape index (κ3) is 3.27. The highest BCUT2D eigenvalue weighted by Gasteiger charge is 2.20. The third-order valence-electron chi connectivity index (χ3n) is 2.51. The Bertz CT molecular complexity index is 682. The van der Waals surface area contributed by atoms with Crippen LogP contribution in [0.25, 0.3) is 0 Å². The van der Waals surface area contributed by atoms with E-state index < -0.39 is 10.0 Å². The summed E-state index contributed by atoms with van der Waals surface area (Å²) in [5.41, 5.74) is 0.509. The van der Waals surface area contributed by atoms with Crippen molar-refractivity contribution in [1.82, 2.24) is 10.1 Å². The minimum atomic E-state index is -3.76. The van der Waals surface area contributed by atoms with Gasteiger partial charge in [0.1, 0.15) is 10.7 Å². The summed E-state index contributed by atoms with van der Waals surface area (Å²) in [4.78, 5) is 3.94. The Kier molecular flexibility index (Phi) is 4.23. The summed E-state index contributed by atoms with van der Waals surface area (Å²) in [7, 11) is -3.76. The van der Waals surface area contributed by atoms with Gasteiger partial charge in [0, 0.05) is 25.0 Å². The van der Waals surface area contributed by atoms with E-state index in [-0.39, 0.29) is 10.7 Å². The van der Waals surface area contributed by atoms with Gasteiger partial charge in [-0.05, 0) is 19.4 Å². The second-order valence-corrected chi connectivity index (χ2v) is 5.88. The van der Waals surface area contributed by atoms with Crippen molar-refractivity contribution in [2.45, 2.75) is 25.2 Å². The van der Waals surface area contributed by atoms with Gasteiger partial charge in [-0.3, -0.25) is 9.71 Å². The van der Waals surface area contributed by atoms with Gasteiger partial charge in [-0.2, -0.15) is 0 Å². The molecule has 7 nitrogen and oxygen atoms in total. The van der Waals surface area contributed by atoms with E-state index in [1.165, 1.54) is 18.5 Å². The topological polar surface area (TPSA) is 97.1 Å². The molecule has 0 unspecified atom stereocenters. The molecule has 0 spiro atoms. The highest BCUT2D eigenvalue weighted by atomic mass is 32.2. The molecule has 0 bridgehead atoms. The van der Waals surface area contributed by atoms with Gasteiger partial charge >= 0.3 is 0 Å². The molecule has 0 saturated heterocycles. The first kappa shape index (κ1) is 14.3. The molecule has 2 N–H and O–H groups in total. The van der Waals surface area contributed by atoms with Gasteiger partial charge in [0.15, 0.2) is 5.82 Å². The summed E-state index contributed by atoms with van der Waals surface area (Å²) < 4.78 is 31.8. The number of aryl methyl sites for hydroxylation is 1. The molecule has 2 heterocycles. The van der Waals surface area contributed by atoms with E-state index in [1.54, 1.807) is 13.0 Å². The second-order valence-electron chi connectivity index (χ2n) is 4.23.